The Hall–Kier alpha value is -2.97. The van der Waals surface area contributed by atoms with E-state index in [9.17, 15) is 0 Å². The molecule has 1 aliphatic carbocycles. The van der Waals surface area contributed by atoms with Crippen LogP contribution in [0.25, 0.3) is 22.1 Å². The minimum absolute atomic E-state index is 0.813. The van der Waals surface area contributed by atoms with Gasteiger partial charge in [0.05, 0.1) is 0 Å². The van der Waals surface area contributed by atoms with Crippen molar-refractivity contribution in [2.24, 2.45) is 5.92 Å². The van der Waals surface area contributed by atoms with Crippen molar-refractivity contribution in [3.05, 3.63) is 114 Å². The summed E-state index contributed by atoms with van der Waals surface area (Å²) in [5, 5.41) is 1.10. The maximum absolute atomic E-state index is 5.88. The maximum Gasteiger partial charge on any atom is 0.135 e. The minimum Gasteiger partial charge on any atom is -0.456 e. The van der Waals surface area contributed by atoms with Crippen LogP contribution in [0.3, 0.4) is 0 Å². The van der Waals surface area contributed by atoms with Crippen LogP contribution in [0.2, 0.25) is 0 Å². The highest BCUT2D eigenvalue weighted by Gasteiger charge is 2.13. The number of hydrogen-bond acceptors (Lipinski definition) is 2. The number of fused-ring (bicyclic) bond motifs is 1. The third-order valence-corrected chi connectivity index (χ3v) is 7.53. The minimum atomic E-state index is 0.813. The molecule has 0 bridgehead atoms. The number of allylic oxidation sites excluding steroid dienone is 1. The van der Waals surface area contributed by atoms with E-state index in [1.165, 1.54) is 80.1 Å². The van der Waals surface area contributed by atoms with Gasteiger partial charge in [-0.2, -0.15) is 0 Å². The third-order valence-electron chi connectivity index (χ3n) is 7.23. The SMILES string of the molecule is C=C(CCC1CCCCC1)c1ccc(C)cc1.C=C(c1ccc(S)cc1)c1cc2ccc(C)cc2o1.CCC.CCC. The molecule has 4 aromatic rings. The Kier molecular flexibility index (Phi) is 16.2. The van der Waals surface area contributed by atoms with Gasteiger partial charge in [0.25, 0.3) is 0 Å². The van der Waals surface area contributed by atoms with Crippen molar-refractivity contribution in [3.63, 3.8) is 0 Å². The van der Waals surface area contributed by atoms with Crippen LogP contribution in [0.5, 0.6) is 0 Å². The molecule has 0 spiro atoms. The fraction of sp³-hybridized carbons (Fsp3) is 0.400. The summed E-state index contributed by atoms with van der Waals surface area (Å²) in [5.41, 5.74) is 8.01. The number of rotatable bonds is 6. The van der Waals surface area contributed by atoms with Crippen molar-refractivity contribution in [3.8, 4) is 0 Å². The van der Waals surface area contributed by atoms with E-state index >= 15 is 0 Å². The van der Waals surface area contributed by atoms with E-state index in [0.717, 1.165) is 38.7 Å². The molecule has 0 unspecified atom stereocenters. The molecule has 226 valence electrons. The van der Waals surface area contributed by atoms with Gasteiger partial charge >= 0.3 is 0 Å². The Bertz CT molecular complexity index is 1330. The molecule has 3 aromatic carbocycles. The van der Waals surface area contributed by atoms with Gasteiger partial charge < -0.3 is 4.42 Å². The summed E-state index contributed by atoms with van der Waals surface area (Å²) in [5.74, 6) is 1.78. The molecule has 1 fully saturated rings. The number of aryl methyl sites for hydroxylation is 2. The molecule has 1 aliphatic rings. The van der Waals surface area contributed by atoms with Crippen molar-refractivity contribution in [1.29, 1.82) is 0 Å². The topological polar surface area (TPSA) is 13.1 Å². The molecule has 0 amide bonds. The van der Waals surface area contributed by atoms with Crippen LogP contribution in [-0.2, 0) is 0 Å². The van der Waals surface area contributed by atoms with E-state index < -0.39 is 0 Å². The van der Waals surface area contributed by atoms with Gasteiger partial charge in [-0.25, -0.2) is 0 Å². The van der Waals surface area contributed by atoms with Crippen LogP contribution in [0, 0.1) is 19.8 Å². The van der Waals surface area contributed by atoms with Gasteiger partial charge in [-0.3, -0.25) is 0 Å². The monoisotopic (exact) mass is 582 g/mol. The molecule has 2 heteroatoms. The Morgan fingerprint density at radius 1 is 0.738 bits per heavy atom. The number of hydrogen-bond donors (Lipinski definition) is 1. The first-order valence-corrected chi connectivity index (χ1v) is 16.4. The zero-order chi connectivity index (χ0) is 30.9. The van der Waals surface area contributed by atoms with Gasteiger partial charge in [0.2, 0.25) is 0 Å². The van der Waals surface area contributed by atoms with E-state index in [-0.39, 0.29) is 0 Å². The van der Waals surface area contributed by atoms with E-state index in [0.29, 0.717) is 0 Å². The highest BCUT2D eigenvalue weighted by atomic mass is 32.1. The largest absolute Gasteiger partial charge is 0.456 e. The predicted octanol–water partition coefficient (Wildman–Crippen LogP) is 13.3. The van der Waals surface area contributed by atoms with Gasteiger partial charge in [0.1, 0.15) is 11.3 Å². The second kappa shape index (κ2) is 19.3. The average Bonchev–Trinajstić information content (AvgIpc) is 3.41. The second-order valence-electron chi connectivity index (χ2n) is 11.6. The fourth-order valence-corrected chi connectivity index (χ4v) is 5.03. The summed E-state index contributed by atoms with van der Waals surface area (Å²) >= 11 is 4.29. The summed E-state index contributed by atoms with van der Waals surface area (Å²) in [6.07, 6.45) is 12.3. The molecule has 0 radical (unpaired) electrons. The third kappa shape index (κ3) is 12.1. The molecule has 0 saturated heterocycles. The quantitative estimate of drug-likeness (QED) is 0.223. The molecule has 42 heavy (non-hydrogen) atoms. The highest BCUT2D eigenvalue weighted by molar-refractivity contribution is 7.80. The Morgan fingerprint density at radius 2 is 1.29 bits per heavy atom. The highest BCUT2D eigenvalue weighted by Crippen LogP contribution is 2.31. The van der Waals surface area contributed by atoms with Gasteiger partial charge in [-0.05, 0) is 79.1 Å². The van der Waals surface area contributed by atoms with Crippen molar-refractivity contribution in [2.75, 3.05) is 0 Å². The van der Waals surface area contributed by atoms with Gasteiger partial charge in [-0.1, -0.05) is 140 Å². The smallest absolute Gasteiger partial charge is 0.135 e. The maximum atomic E-state index is 5.88. The molecule has 0 N–H and O–H groups in total. The lowest BCUT2D eigenvalue weighted by Crippen LogP contribution is -2.06. The number of benzene rings is 3. The molecule has 1 nitrogen and oxygen atoms in total. The van der Waals surface area contributed by atoms with E-state index in [1.807, 2.05) is 36.4 Å². The van der Waals surface area contributed by atoms with Crippen molar-refractivity contribution in [1.82, 2.24) is 0 Å². The first kappa shape index (κ1) is 35.2. The summed E-state index contributed by atoms with van der Waals surface area (Å²) in [6.45, 7) is 21.1. The van der Waals surface area contributed by atoms with Gasteiger partial charge in [0.15, 0.2) is 0 Å². The Balaban J connectivity index is 0.000000249. The lowest BCUT2D eigenvalue weighted by molar-refractivity contribution is 0.342. The first-order chi connectivity index (χ1) is 20.2. The van der Waals surface area contributed by atoms with E-state index in [2.05, 4.69) is 104 Å². The number of furan rings is 1. The zero-order valence-corrected chi connectivity index (χ0v) is 28.0. The molecule has 1 aromatic heterocycles. The Labute approximate surface area is 262 Å². The lowest BCUT2D eigenvalue weighted by Gasteiger charge is -2.21. The normalized spacial score (nSPS) is 12.6. The van der Waals surface area contributed by atoms with Gasteiger partial charge in [-0.15, -0.1) is 12.6 Å². The molecule has 1 saturated carbocycles. The molecular weight excluding hydrogens is 529 g/mol. The molecule has 0 aliphatic heterocycles. The molecule has 0 atom stereocenters. The summed E-state index contributed by atoms with van der Waals surface area (Å²) in [4.78, 5) is 0.941. The molecular formula is C40H54OS. The van der Waals surface area contributed by atoms with Crippen LogP contribution in [0.1, 0.15) is 113 Å². The van der Waals surface area contributed by atoms with E-state index in [4.69, 9.17) is 4.42 Å². The van der Waals surface area contributed by atoms with Crippen LogP contribution in [0.15, 0.2) is 95.3 Å². The van der Waals surface area contributed by atoms with Crippen molar-refractivity contribution in [2.45, 2.75) is 104 Å². The number of thiol groups is 1. The standard InChI is InChI=1S/C17H14OS.C17H24.2C3H8/c1-11-3-4-14-10-16(18-17(14)9-11)12(2)13-5-7-15(19)8-6-13;1-14-8-12-17(13-9-14)15(2)10-11-16-6-4-3-5-7-16;2*1-3-2/h3-10,19H,2H2,1H3;8-9,12-13,16H,2-7,10-11H2,1H3;2*3H2,1-2H3. The molecule has 1 heterocycles. The molecule has 5 rings (SSSR count). The fourth-order valence-electron chi connectivity index (χ4n) is 4.88. The van der Waals surface area contributed by atoms with Crippen molar-refractivity contribution >= 4 is 34.7 Å². The van der Waals surface area contributed by atoms with Crippen LogP contribution in [-0.4, -0.2) is 0 Å². The zero-order valence-electron chi connectivity index (χ0n) is 27.1. The summed E-state index contributed by atoms with van der Waals surface area (Å²) in [7, 11) is 0. The van der Waals surface area contributed by atoms with Crippen LogP contribution >= 0.6 is 12.6 Å². The second-order valence-corrected chi connectivity index (χ2v) is 12.1. The van der Waals surface area contributed by atoms with Crippen molar-refractivity contribution < 1.29 is 4.42 Å². The lowest BCUT2D eigenvalue weighted by atomic mass is 9.84. The first-order valence-electron chi connectivity index (χ1n) is 16.0. The van der Waals surface area contributed by atoms with Crippen LogP contribution in [0.4, 0.5) is 0 Å². The Morgan fingerprint density at radius 3 is 1.88 bits per heavy atom. The van der Waals surface area contributed by atoms with Gasteiger partial charge in [0, 0.05) is 15.9 Å². The van der Waals surface area contributed by atoms with Crippen LogP contribution < -0.4 is 0 Å². The predicted molar refractivity (Wildman–Crippen MR) is 191 cm³/mol. The summed E-state index contributed by atoms with van der Waals surface area (Å²) < 4.78 is 5.88. The summed E-state index contributed by atoms with van der Waals surface area (Å²) in [6, 6.07) is 24.9. The van der Waals surface area contributed by atoms with E-state index in [1.54, 1.807) is 0 Å². The average molecular weight is 583 g/mol.